The average Bonchev–Trinajstić information content (AvgIpc) is 2.18. The monoisotopic (exact) mass is 240 g/mol. The normalized spacial score (nSPS) is 18.6. The van der Waals surface area contributed by atoms with Gasteiger partial charge in [-0.05, 0) is 29.9 Å². The Bertz CT molecular complexity index is 416. The van der Waals surface area contributed by atoms with E-state index < -0.39 is 5.92 Å². The summed E-state index contributed by atoms with van der Waals surface area (Å²) in [5.41, 5.74) is 1.73. The van der Waals surface area contributed by atoms with Crippen LogP contribution in [0.15, 0.2) is 29.3 Å². The third kappa shape index (κ3) is 2.70. The number of alkyl halides is 2. The molecule has 2 rings (SSSR count). The Morgan fingerprint density at radius 3 is 2.44 bits per heavy atom. The summed E-state index contributed by atoms with van der Waals surface area (Å²) in [5.74, 6) is -2.50. The Morgan fingerprint density at radius 1 is 1.31 bits per heavy atom. The maximum Gasteiger partial charge on any atom is 0.272 e. The summed E-state index contributed by atoms with van der Waals surface area (Å²) in [4.78, 5) is 5.52. The van der Waals surface area contributed by atoms with E-state index in [4.69, 9.17) is 0 Å². The summed E-state index contributed by atoms with van der Waals surface area (Å²) in [6, 6.07) is 7.32. The van der Waals surface area contributed by atoms with Crippen LogP contribution in [0.1, 0.15) is 5.56 Å². The van der Waals surface area contributed by atoms with Gasteiger partial charge >= 0.3 is 0 Å². The van der Waals surface area contributed by atoms with Gasteiger partial charge in [0.1, 0.15) is 0 Å². The quantitative estimate of drug-likeness (QED) is 0.596. The van der Waals surface area contributed by atoms with Crippen LogP contribution in [-0.4, -0.2) is 29.1 Å². The van der Waals surface area contributed by atoms with E-state index in [-0.39, 0.29) is 13.1 Å². The first kappa shape index (κ1) is 11.3. The fraction of sp³-hybridized carbons (Fsp3) is 0.364. The largest absolute Gasteiger partial charge is 0.287 e. The number of likely N-dealkylation sites (tertiary alicyclic amines) is 1. The van der Waals surface area contributed by atoms with Crippen molar-refractivity contribution in [3.8, 4) is 0 Å². The zero-order valence-corrected chi connectivity index (χ0v) is 9.31. The van der Waals surface area contributed by atoms with Gasteiger partial charge in [0.15, 0.2) is 0 Å². The van der Waals surface area contributed by atoms with Gasteiger partial charge in [0.2, 0.25) is 0 Å². The number of isothiocyanates is 1. The maximum atomic E-state index is 12.6. The van der Waals surface area contributed by atoms with Crippen molar-refractivity contribution in [2.24, 2.45) is 4.99 Å². The highest BCUT2D eigenvalue weighted by Crippen LogP contribution is 2.28. The number of thiocarbonyl (C=S) groups is 1. The van der Waals surface area contributed by atoms with Crippen molar-refractivity contribution in [3.05, 3.63) is 29.8 Å². The molecule has 1 aliphatic heterocycles. The Labute approximate surface area is 97.6 Å². The van der Waals surface area contributed by atoms with E-state index >= 15 is 0 Å². The van der Waals surface area contributed by atoms with E-state index in [1.54, 1.807) is 17.0 Å². The van der Waals surface area contributed by atoms with E-state index in [0.29, 0.717) is 6.54 Å². The molecule has 0 atom stereocenters. The SMILES string of the molecule is FC1(F)CN(Cc2ccc(N=C=S)cc2)C1. The first-order chi connectivity index (χ1) is 7.59. The molecule has 0 saturated carbocycles. The third-order valence-corrected chi connectivity index (χ3v) is 2.52. The Hall–Kier alpha value is -1.16. The van der Waals surface area contributed by atoms with Crippen molar-refractivity contribution in [2.75, 3.05) is 13.1 Å². The molecule has 0 N–H and O–H groups in total. The van der Waals surface area contributed by atoms with Gasteiger partial charge in [0, 0.05) is 6.54 Å². The van der Waals surface area contributed by atoms with Gasteiger partial charge in [0.25, 0.3) is 5.92 Å². The molecule has 0 amide bonds. The molecule has 0 unspecified atom stereocenters. The molecule has 2 nitrogen and oxygen atoms in total. The number of rotatable bonds is 3. The van der Waals surface area contributed by atoms with Crippen LogP contribution in [0.2, 0.25) is 0 Å². The van der Waals surface area contributed by atoms with Crippen LogP contribution < -0.4 is 0 Å². The molecule has 5 heteroatoms. The second-order valence-electron chi connectivity index (χ2n) is 3.87. The molecule has 84 valence electrons. The van der Waals surface area contributed by atoms with E-state index in [1.807, 2.05) is 12.1 Å². The molecule has 0 radical (unpaired) electrons. The maximum absolute atomic E-state index is 12.6. The van der Waals surface area contributed by atoms with Crippen molar-refractivity contribution in [2.45, 2.75) is 12.5 Å². The van der Waals surface area contributed by atoms with Gasteiger partial charge in [0.05, 0.1) is 23.9 Å². The lowest BCUT2D eigenvalue weighted by molar-refractivity contribution is -0.133. The lowest BCUT2D eigenvalue weighted by atomic mass is 10.1. The number of aliphatic imine (C=N–C) groups is 1. The van der Waals surface area contributed by atoms with Crippen molar-refractivity contribution in [1.29, 1.82) is 0 Å². The summed E-state index contributed by atoms with van der Waals surface area (Å²) in [6.07, 6.45) is 0. The van der Waals surface area contributed by atoms with Crippen LogP contribution >= 0.6 is 12.2 Å². The minimum Gasteiger partial charge on any atom is -0.287 e. The first-order valence-corrected chi connectivity index (χ1v) is 5.27. The Kier molecular flexibility index (Phi) is 3.10. The van der Waals surface area contributed by atoms with Crippen LogP contribution in [0.3, 0.4) is 0 Å². The smallest absolute Gasteiger partial charge is 0.272 e. The minimum atomic E-state index is -2.50. The first-order valence-electron chi connectivity index (χ1n) is 4.86. The van der Waals surface area contributed by atoms with Crippen LogP contribution in [0.5, 0.6) is 0 Å². The number of halogens is 2. The molecule has 1 saturated heterocycles. The van der Waals surface area contributed by atoms with Crippen molar-refractivity contribution >= 4 is 23.1 Å². The minimum absolute atomic E-state index is 0.146. The van der Waals surface area contributed by atoms with Crippen molar-refractivity contribution < 1.29 is 8.78 Å². The van der Waals surface area contributed by atoms with Gasteiger partial charge in [-0.15, -0.1) is 0 Å². The van der Waals surface area contributed by atoms with E-state index in [9.17, 15) is 8.78 Å². The fourth-order valence-electron chi connectivity index (χ4n) is 1.71. The molecular formula is C11H10F2N2S. The molecule has 1 aromatic rings. The summed E-state index contributed by atoms with van der Waals surface area (Å²) in [5, 5.41) is 2.28. The molecule has 1 heterocycles. The van der Waals surface area contributed by atoms with E-state index in [2.05, 4.69) is 22.4 Å². The summed E-state index contributed by atoms with van der Waals surface area (Å²) in [6.45, 7) is 0.261. The predicted molar refractivity (Wildman–Crippen MR) is 61.4 cm³/mol. The zero-order valence-electron chi connectivity index (χ0n) is 8.49. The summed E-state index contributed by atoms with van der Waals surface area (Å²) < 4.78 is 25.2. The molecular weight excluding hydrogens is 230 g/mol. The van der Waals surface area contributed by atoms with Gasteiger partial charge < -0.3 is 0 Å². The van der Waals surface area contributed by atoms with E-state index in [0.717, 1.165) is 11.3 Å². The van der Waals surface area contributed by atoms with E-state index in [1.165, 1.54) is 0 Å². The zero-order chi connectivity index (χ0) is 11.6. The Morgan fingerprint density at radius 2 is 1.94 bits per heavy atom. The Balaban J connectivity index is 1.93. The van der Waals surface area contributed by atoms with Crippen LogP contribution in [0, 0.1) is 0 Å². The second-order valence-corrected chi connectivity index (χ2v) is 4.05. The topological polar surface area (TPSA) is 15.6 Å². The highest BCUT2D eigenvalue weighted by Gasteiger charge is 2.43. The van der Waals surface area contributed by atoms with Crippen molar-refractivity contribution in [3.63, 3.8) is 0 Å². The van der Waals surface area contributed by atoms with Gasteiger partial charge in [-0.1, -0.05) is 12.1 Å². The summed E-state index contributed by atoms with van der Waals surface area (Å²) >= 11 is 4.48. The highest BCUT2D eigenvalue weighted by atomic mass is 32.1. The number of hydrogen-bond donors (Lipinski definition) is 0. The summed E-state index contributed by atoms with van der Waals surface area (Å²) in [7, 11) is 0. The highest BCUT2D eigenvalue weighted by molar-refractivity contribution is 7.78. The second kappa shape index (κ2) is 4.37. The molecule has 0 spiro atoms. The van der Waals surface area contributed by atoms with Gasteiger partial charge in [-0.2, -0.15) is 4.99 Å². The molecule has 16 heavy (non-hydrogen) atoms. The van der Waals surface area contributed by atoms with Crippen LogP contribution in [-0.2, 0) is 6.54 Å². The number of hydrogen-bond acceptors (Lipinski definition) is 3. The molecule has 0 bridgehead atoms. The lowest BCUT2D eigenvalue weighted by Gasteiger charge is -2.38. The third-order valence-electron chi connectivity index (χ3n) is 2.43. The van der Waals surface area contributed by atoms with Crippen LogP contribution in [0.25, 0.3) is 0 Å². The molecule has 1 aliphatic rings. The van der Waals surface area contributed by atoms with Crippen LogP contribution in [0.4, 0.5) is 14.5 Å². The molecule has 0 aliphatic carbocycles. The average molecular weight is 240 g/mol. The number of benzene rings is 1. The van der Waals surface area contributed by atoms with Crippen molar-refractivity contribution in [1.82, 2.24) is 4.90 Å². The van der Waals surface area contributed by atoms with Gasteiger partial charge in [-0.25, -0.2) is 8.78 Å². The standard InChI is InChI=1S/C11H10F2N2S/c12-11(13)6-15(7-11)5-9-1-3-10(4-2-9)14-8-16/h1-4H,5-7H2. The van der Waals surface area contributed by atoms with Gasteiger partial charge in [-0.3, -0.25) is 4.90 Å². The lowest BCUT2D eigenvalue weighted by Crippen LogP contribution is -2.55. The predicted octanol–water partition coefficient (Wildman–Crippen LogP) is 2.87. The molecule has 1 aromatic carbocycles. The fourth-order valence-corrected chi connectivity index (χ4v) is 1.81. The number of nitrogens with zero attached hydrogens (tertiary/aromatic N) is 2. The molecule has 0 aromatic heterocycles. The molecule has 1 fully saturated rings.